The first-order valence-corrected chi connectivity index (χ1v) is 44.4. The van der Waals surface area contributed by atoms with E-state index >= 15 is 0 Å². The van der Waals surface area contributed by atoms with Crippen LogP contribution in [0.5, 0.6) is 0 Å². The Hall–Kier alpha value is -16.6. The minimum absolute atomic E-state index is 1.23. The largest absolute Gasteiger partial charge is 0.0622 e. The topological polar surface area (TPSA) is 0 Å². The van der Waals surface area contributed by atoms with Crippen LogP contribution < -0.4 is 0 Å². The van der Waals surface area contributed by atoms with Crippen molar-refractivity contribution in [1.29, 1.82) is 0 Å². The lowest BCUT2D eigenvalue weighted by molar-refractivity contribution is 1.61. The molecule has 128 heavy (non-hydrogen) atoms. The molecule has 0 atom stereocenters. The molecule has 0 bridgehead atoms. The summed E-state index contributed by atoms with van der Waals surface area (Å²) in [6.07, 6.45) is 0. The molecule has 0 spiro atoms. The summed E-state index contributed by atoms with van der Waals surface area (Å²) in [5, 5.41) is 35.8. The maximum Gasteiger partial charge on any atom is -0.00199 e. The van der Waals surface area contributed by atoms with E-state index in [0.29, 0.717) is 0 Å². The summed E-state index contributed by atoms with van der Waals surface area (Å²) in [5.74, 6) is 0. The van der Waals surface area contributed by atoms with Crippen molar-refractivity contribution in [2.24, 2.45) is 0 Å². The normalized spacial score (nSPS) is 11.6. The molecule has 0 heteroatoms. The molecule has 0 aliphatic rings. The van der Waals surface area contributed by atoms with Crippen LogP contribution >= 0.6 is 0 Å². The highest BCUT2D eigenvalue weighted by molar-refractivity contribution is 6.30. The molecule has 0 fully saturated rings. The predicted molar refractivity (Wildman–Crippen MR) is 553 cm³/mol. The van der Waals surface area contributed by atoms with Gasteiger partial charge in [-0.25, -0.2) is 0 Å². The van der Waals surface area contributed by atoms with Crippen LogP contribution in [0.2, 0.25) is 0 Å². The van der Waals surface area contributed by atoms with E-state index in [-0.39, 0.29) is 0 Å². The van der Waals surface area contributed by atoms with E-state index in [1.807, 2.05) is 0 Å². The smallest absolute Gasteiger partial charge is 0.00199 e. The summed E-state index contributed by atoms with van der Waals surface area (Å²) in [4.78, 5) is 0. The number of hydrogen-bond acceptors (Lipinski definition) is 0. The van der Waals surface area contributed by atoms with Crippen LogP contribution in [-0.2, 0) is 0 Å². The molecule has 26 aromatic carbocycles. The summed E-state index contributed by atoms with van der Waals surface area (Å²) in [5.41, 5.74) is 22.7. The average Bonchev–Trinajstić information content (AvgIpc) is 0.729. The summed E-state index contributed by atoms with van der Waals surface area (Å²) in [7, 11) is 0. The van der Waals surface area contributed by atoms with Gasteiger partial charge in [0, 0.05) is 0 Å². The van der Waals surface area contributed by atoms with Crippen molar-refractivity contribution < 1.29 is 0 Å². The van der Waals surface area contributed by atoms with Gasteiger partial charge in [-0.05, 0) is 287 Å². The summed E-state index contributed by atoms with van der Waals surface area (Å²) in [6, 6.07) is 182. The van der Waals surface area contributed by atoms with Gasteiger partial charge in [-0.2, -0.15) is 0 Å². The summed E-state index contributed by atoms with van der Waals surface area (Å²) < 4.78 is 0. The number of hydrogen-bond donors (Lipinski definition) is 0. The molecule has 0 aliphatic carbocycles. The fourth-order valence-corrected chi connectivity index (χ4v) is 21.0. The molecular formula is C128H82. The van der Waals surface area contributed by atoms with E-state index in [2.05, 4.69) is 497 Å². The molecule has 0 aromatic heterocycles. The number of rotatable bonds is 9. The maximum atomic E-state index is 2.39. The van der Waals surface area contributed by atoms with E-state index in [4.69, 9.17) is 0 Å². The van der Waals surface area contributed by atoms with E-state index in [0.717, 1.165) is 0 Å². The maximum absolute atomic E-state index is 2.39. The van der Waals surface area contributed by atoms with Crippen LogP contribution in [0, 0.1) is 0 Å². The first kappa shape index (κ1) is 75.1. The number of benzene rings is 26. The van der Waals surface area contributed by atoms with Gasteiger partial charge in [-0.1, -0.05) is 461 Å². The highest BCUT2D eigenvalue weighted by Crippen LogP contribution is 2.52. The van der Waals surface area contributed by atoms with Gasteiger partial charge in [-0.15, -0.1) is 0 Å². The van der Waals surface area contributed by atoms with Gasteiger partial charge in [0.05, 0.1) is 0 Å². The van der Waals surface area contributed by atoms with Crippen LogP contribution in [0.25, 0.3) is 251 Å². The minimum Gasteiger partial charge on any atom is -0.0622 e. The zero-order valence-corrected chi connectivity index (χ0v) is 70.3. The Kier molecular flexibility index (Phi) is 18.7. The Morgan fingerprint density at radius 3 is 0.695 bits per heavy atom. The molecule has 0 saturated heterocycles. The molecule has 0 aliphatic heterocycles. The summed E-state index contributed by atoms with van der Waals surface area (Å²) >= 11 is 0. The van der Waals surface area contributed by atoms with E-state index < -0.39 is 0 Å². The van der Waals surface area contributed by atoms with E-state index in [1.165, 1.54) is 251 Å². The molecule has 26 rings (SSSR count). The van der Waals surface area contributed by atoms with Crippen LogP contribution in [0.4, 0.5) is 0 Å². The lowest BCUT2D eigenvalue weighted by Gasteiger charge is -2.20. The Balaban J connectivity index is 0.000000107. The quantitative estimate of drug-likeness (QED) is 0.0998. The molecule has 0 radical (unpaired) electrons. The third-order valence-electron chi connectivity index (χ3n) is 26.7. The van der Waals surface area contributed by atoms with Crippen molar-refractivity contribution in [3.05, 3.63) is 497 Å². The molecule has 0 unspecified atom stereocenters. The van der Waals surface area contributed by atoms with Crippen molar-refractivity contribution in [2.45, 2.75) is 0 Å². The standard InChI is InChI=1S/2C44H28.C40H26/c1-3-15-33-29(12-1)14-11-23-34(33)30-24-26-31(27-25-30)43-38-19-7-9-21-40(38)44(41-22-10-8-20-39(41)43)42-28-32-13-2-4-16-35(32)36-17-5-6-18-37(36)42;1-2-13-30-26-32(25-24-29(30)12-1)31-15-11-16-34(27-31)43-38-20-7-9-22-40(38)44(41-23-10-8-21-39(41)43)42-28-33-14-3-4-17-35(33)36-18-5-6-19-37(36)42;1-2-13-27(14-3-1)28-16-12-17-30(25-28)39-34-21-8-10-23-36(34)40(37-24-11-9-22-35(37)39)38-26-29-15-4-5-18-31(29)32-19-6-7-20-33(32)38/h2*1-28H;1-26H. The van der Waals surface area contributed by atoms with Crippen molar-refractivity contribution in [1.82, 2.24) is 0 Å². The fraction of sp³-hybridized carbons (Fsp3) is 0. The molecule has 0 amide bonds. The predicted octanol–water partition coefficient (Wildman–Crippen LogP) is 36.2. The molecule has 26 aromatic rings. The SMILES string of the molecule is c1cc(-c2ccc3ccccc3c2)cc(-c2c3ccccc3c(-c3cc4ccccc4c4ccccc34)c3ccccc23)c1.c1ccc(-c2cccc(-c3c4ccccc4c(-c4cc5ccccc5c5ccccc45)c4ccccc34)c2)cc1.c1ccc2c(-c3ccc(-c4c5ccccc5c(-c5cc6ccccc6c6ccccc56)c5ccccc45)cc3)cccc2c1. The Morgan fingerprint density at radius 2 is 0.312 bits per heavy atom. The average molecular weight is 1620 g/mol. The highest BCUT2D eigenvalue weighted by Gasteiger charge is 2.25. The zero-order chi connectivity index (χ0) is 84.5. The van der Waals surface area contributed by atoms with Crippen LogP contribution in [-0.4, -0.2) is 0 Å². The van der Waals surface area contributed by atoms with E-state index in [9.17, 15) is 0 Å². The first-order chi connectivity index (χ1) is 63.5. The molecular weight excluding hydrogens is 1540 g/mol. The first-order valence-electron chi connectivity index (χ1n) is 44.4. The van der Waals surface area contributed by atoms with Crippen LogP contribution in [0.3, 0.4) is 0 Å². The zero-order valence-electron chi connectivity index (χ0n) is 70.3. The van der Waals surface area contributed by atoms with Crippen LogP contribution in [0.15, 0.2) is 497 Å². The third kappa shape index (κ3) is 13.0. The second-order valence-corrected chi connectivity index (χ2v) is 33.8. The second kappa shape index (κ2) is 31.9. The van der Waals surface area contributed by atoms with Gasteiger partial charge in [0.25, 0.3) is 0 Å². The van der Waals surface area contributed by atoms with Gasteiger partial charge in [0.15, 0.2) is 0 Å². The van der Waals surface area contributed by atoms with Gasteiger partial charge in [-0.3, -0.25) is 0 Å². The van der Waals surface area contributed by atoms with Gasteiger partial charge in [0.2, 0.25) is 0 Å². The minimum atomic E-state index is 1.23. The molecule has 594 valence electrons. The highest BCUT2D eigenvalue weighted by atomic mass is 14.3. The Bertz CT molecular complexity index is 8760. The van der Waals surface area contributed by atoms with Crippen molar-refractivity contribution in [2.75, 3.05) is 0 Å². The molecule has 0 saturated carbocycles. The molecule has 0 heterocycles. The molecule has 0 N–H and O–H groups in total. The second-order valence-electron chi connectivity index (χ2n) is 33.8. The third-order valence-corrected chi connectivity index (χ3v) is 26.7. The number of fused-ring (bicyclic) bond motifs is 17. The lowest BCUT2D eigenvalue weighted by Crippen LogP contribution is -1.92. The van der Waals surface area contributed by atoms with E-state index in [1.54, 1.807) is 0 Å². The van der Waals surface area contributed by atoms with Crippen molar-refractivity contribution in [3.8, 4) is 100 Å². The Morgan fingerprint density at radius 1 is 0.0781 bits per heavy atom. The fourth-order valence-electron chi connectivity index (χ4n) is 21.0. The van der Waals surface area contributed by atoms with Crippen molar-refractivity contribution >= 4 is 151 Å². The monoisotopic (exact) mass is 1620 g/mol. The lowest BCUT2D eigenvalue weighted by atomic mass is 9.83. The van der Waals surface area contributed by atoms with Crippen molar-refractivity contribution in [3.63, 3.8) is 0 Å². The van der Waals surface area contributed by atoms with Gasteiger partial charge in [0.1, 0.15) is 0 Å². The Labute approximate surface area is 743 Å². The molecule has 0 nitrogen and oxygen atoms in total. The van der Waals surface area contributed by atoms with Gasteiger partial charge >= 0.3 is 0 Å². The van der Waals surface area contributed by atoms with Gasteiger partial charge < -0.3 is 0 Å². The van der Waals surface area contributed by atoms with Crippen LogP contribution in [0.1, 0.15) is 0 Å². The summed E-state index contributed by atoms with van der Waals surface area (Å²) in [6.45, 7) is 0.